The van der Waals surface area contributed by atoms with Crippen LogP contribution in [0.2, 0.25) is 0 Å². The number of aryl methyl sites for hydroxylation is 1. The predicted molar refractivity (Wildman–Crippen MR) is 68.0 cm³/mol. The van der Waals surface area contributed by atoms with E-state index in [2.05, 4.69) is 0 Å². The van der Waals surface area contributed by atoms with Gasteiger partial charge in [0.05, 0.1) is 12.2 Å². The Hall–Kier alpha value is -1.31. The zero-order valence-corrected chi connectivity index (χ0v) is 10.4. The molecule has 0 amide bonds. The Morgan fingerprint density at radius 2 is 2.06 bits per heavy atom. The number of benzene rings is 1. The van der Waals surface area contributed by atoms with Crippen LogP contribution in [0.25, 0.3) is 0 Å². The topological polar surface area (TPSA) is 26.3 Å². The van der Waals surface area contributed by atoms with Crippen LogP contribution in [0.3, 0.4) is 0 Å². The van der Waals surface area contributed by atoms with Crippen LogP contribution in [0.15, 0.2) is 24.3 Å². The standard InChI is InChI=1S/C15H20O2/c1-12-6-5-9-14(10-12)15(16)17-11-13-7-3-2-4-8-13/h5-6,9-10,13H,2-4,7-8,11H2,1H3. The fourth-order valence-electron chi connectivity index (χ4n) is 2.40. The van der Waals surface area contributed by atoms with E-state index in [-0.39, 0.29) is 5.97 Å². The van der Waals surface area contributed by atoms with E-state index in [0.717, 1.165) is 5.56 Å². The Kier molecular flexibility index (Phi) is 4.18. The molecule has 0 unspecified atom stereocenters. The predicted octanol–water partition coefficient (Wildman–Crippen LogP) is 3.73. The first-order valence-corrected chi connectivity index (χ1v) is 6.49. The minimum atomic E-state index is -0.181. The summed E-state index contributed by atoms with van der Waals surface area (Å²) < 4.78 is 5.38. The molecule has 0 saturated heterocycles. The second-order valence-corrected chi connectivity index (χ2v) is 4.97. The smallest absolute Gasteiger partial charge is 0.338 e. The summed E-state index contributed by atoms with van der Waals surface area (Å²) in [5.41, 5.74) is 1.76. The first-order valence-electron chi connectivity index (χ1n) is 6.49. The molecule has 1 aromatic carbocycles. The van der Waals surface area contributed by atoms with E-state index in [1.807, 2.05) is 31.2 Å². The summed E-state index contributed by atoms with van der Waals surface area (Å²) in [7, 11) is 0. The molecule has 0 radical (unpaired) electrons. The van der Waals surface area contributed by atoms with Gasteiger partial charge >= 0.3 is 5.97 Å². The monoisotopic (exact) mass is 232 g/mol. The number of hydrogen-bond donors (Lipinski definition) is 0. The summed E-state index contributed by atoms with van der Waals surface area (Å²) in [5.74, 6) is 0.400. The number of esters is 1. The molecule has 0 aromatic heterocycles. The molecule has 17 heavy (non-hydrogen) atoms. The summed E-state index contributed by atoms with van der Waals surface area (Å²) >= 11 is 0. The van der Waals surface area contributed by atoms with Crippen molar-refractivity contribution in [3.05, 3.63) is 35.4 Å². The molecule has 0 spiro atoms. The molecule has 1 aromatic rings. The van der Waals surface area contributed by atoms with Crippen molar-refractivity contribution in [2.45, 2.75) is 39.0 Å². The number of ether oxygens (including phenoxy) is 1. The van der Waals surface area contributed by atoms with Gasteiger partial charge < -0.3 is 4.74 Å². The molecule has 2 heteroatoms. The van der Waals surface area contributed by atoms with Gasteiger partial charge in [-0.05, 0) is 37.8 Å². The lowest BCUT2D eigenvalue weighted by Crippen LogP contribution is -2.16. The average molecular weight is 232 g/mol. The molecule has 0 N–H and O–H groups in total. The Morgan fingerprint density at radius 3 is 2.76 bits per heavy atom. The molecular weight excluding hydrogens is 212 g/mol. The van der Waals surface area contributed by atoms with Crippen molar-refractivity contribution in [2.75, 3.05) is 6.61 Å². The Morgan fingerprint density at radius 1 is 1.29 bits per heavy atom. The van der Waals surface area contributed by atoms with E-state index in [1.165, 1.54) is 32.1 Å². The zero-order chi connectivity index (χ0) is 12.1. The van der Waals surface area contributed by atoms with Crippen LogP contribution in [0.5, 0.6) is 0 Å². The van der Waals surface area contributed by atoms with Gasteiger partial charge in [0, 0.05) is 0 Å². The Labute approximate surface area is 103 Å². The van der Waals surface area contributed by atoms with E-state index < -0.39 is 0 Å². The average Bonchev–Trinajstić information content (AvgIpc) is 2.37. The maximum atomic E-state index is 11.8. The molecule has 0 heterocycles. The normalized spacial score (nSPS) is 16.8. The zero-order valence-electron chi connectivity index (χ0n) is 10.4. The first kappa shape index (κ1) is 12.2. The summed E-state index contributed by atoms with van der Waals surface area (Å²) in [6.45, 7) is 2.57. The van der Waals surface area contributed by atoms with Gasteiger partial charge in [-0.2, -0.15) is 0 Å². The second-order valence-electron chi connectivity index (χ2n) is 4.97. The Bertz CT molecular complexity index is 378. The lowest BCUT2D eigenvalue weighted by Gasteiger charge is -2.21. The van der Waals surface area contributed by atoms with E-state index in [4.69, 9.17) is 4.74 Å². The molecule has 1 aliphatic carbocycles. The molecule has 2 rings (SSSR count). The number of carbonyl (C=O) groups excluding carboxylic acids is 1. The summed E-state index contributed by atoms with van der Waals surface area (Å²) in [6, 6.07) is 7.57. The number of carbonyl (C=O) groups is 1. The van der Waals surface area contributed by atoms with Gasteiger partial charge in [0.1, 0.15) is 0 Å². The van der Waals surface area contributed by atoms with Crippen molar-refractivity contribution in [3.8, 4) is 0 Å². The molecule has 92 valence electrons. The molecule has 0 bridgehead atoms. The molecular formula is C15H20O2. The van der Waals surface area contributed by atoms with Crippen molar-refractivity contribution in [2.24, 2.45) is 5.92 Å². The van der Waals surface area contributed by atoms with Crippen molar-refractivity contribution in [1.29, 1.82) is 0 Å². The van der Waals surface area contributed by atoms with Gasteiger partial charge in [0.25, 0.3) is 0 Å². The van der Waals surface area contributed by atoms with Gasteiger partial charge in [-0.3, -0.25) is 0 Å². The molecule has 0 atom stereocenters. The van der Waals surface area contributed by atoms with Crippen LogP contribution < -0.4 is 0 Å². The van der Waals surface area contributed by atoms with E-state index >= 15 is 0 Å². The van der Waals surface area contributed by atoms with E-state index in [9.17, 15) is 4.79 Å². The molecule has 2 nitrogen and oxygen atoms in total. The second kappa shape index (κ2) is 5.85. The Balaban J connectivity index is 1.84. The van der Waals surface area contributed by atoms with Crippen LogP contribution >= 0.6 is 0 Å². The third kappa shape index (κ3) is 3.58. The third-order valence-corrected chi connectivity index (χ3v) is 3.43. The van der Waals surface area contributed by atoms with E-state index in [1.54, 1.807) is 0 Å². The van der Waals surface area contributed by atoms with E-state index in [0.29, 0.717) is 18.1 Å². The molecule has 1 fully saturated rings. The highest BCUT2D eigenvalue weighted by Gasteiger charge is 2.16. The first-order chi connectivity index (χ1) is 8.25. The lowest BCUT2D eigenvalue weighted by molar-refractivity contribution is 0.0410. The summed E-state index contributed by atoms with van der Waals surface area (Å²) in [5, 5.41) is 0. The van der Waals surface area contributed by atoms with Crippen molar-refractivity contribution in [1.82, 2.24) is 0 Å². The van der Waals surface area contributed by atoms with Gasteiger partial charge in [-0.15, -0.1) is 0 Å². The highest BCUT2D eigenvalue weighted by molar-refractivity contribution is 5.89. The van der Waals surface area contributed by atoms with Crippen molar-refractivity contribution >= 4 is 5.97 Å². The molecule has 0 aliphatic heterocycles. The van der Waals surface area contributed by atoms with Crippen molar-refractivity contribution in [3.63, 3.8) is 0 Å². The maximum Gasteiger partial charge on any atom is 0.338 e. The van der Waals surface area contributed by atoms with Crippen LogP contribution in [0.4, 0.5) is 0 Å². The lowest BCUT2D eigenvalue weighted by atomic mass is 9.90. The largest absolute Gasteiger partial charge is 0.462 e. The quantitative estimate of drug-likeness (QED) is 0.742. The summed E-state index contributed by atoms with van der Waals surface area (Å²) in [4.78, 5) is 11.8. The SMILES string of the molecule is Cc1cccc(C(=O)OCC2CCCCC2)c1. The fraction of sp³-hybridized carbons (Fsp3) is 0.533. The van der Waals surface area contributed by atoms with Gasteiger partial charge in [-0.25, -0.2) is 4.79 Å². The van der Waals surface area contributed by atoms with Crippen LogP contribution in [0, 0.1) is 12.8 Å². The van der Waals surface area contributed by atoms with Gasteiger partial charge in [-0.1, -0.05) is 37.0 Å². The number of hydrogen-bond acceptors (Lipinski definition) is 2. The third-order valence-electron chi connectivity index (χ3n) is 3.43. The number of rotatable bonds is 3. The van der Waals surface area contributed by atoms with Crippen LogP contribution in [-0.4, -0.2) is 12.6 Å². The molecule has 1 saturated carbocycles. The molecule has 1 aliphatic rings. The van der Waals surface area contributed by atoms with Gasteiger partial charge in [0.2, 0.25) is 0 Å². The van der Waals surface area contributed by atoms with Crippen LogP contribution in [-0.2, 0) is 4.74 Å². The summed E-state index contributed by atoms with van der Waals surface area (Å²) in [6.07, 6.45) is 6.32. The van der Waals surface area contributed by atoms with Gasteiger partial charge in [0.15, 0.2) is 0 Å². The van der Waals surface area contributed by atoms with Crippen molar-refractivity contribution < 1.29 is 9.53 Å². The minimum absolute atomic E-state index is 0.181. The maximum absolute atomic E-state index is 11.8. The van der Waals surface area contributed by atoms with Crippen LogP contribution in [0.1, 0.15) is 48.0 Å². The highest BCUT2D eigenvalue weighted by Crippen LogP contribution is 2.24. The highest BCUT2D eigenvalue weighted by atomic mass is 16.5. The fourth-order valence-corrected chi connectivity index (χ4v) is 2.40. The minimum Gasteiger partial charge on any atom is -0.462 e.